The molecule has 1 aromatic rings. The molecule has 1 heterocycles. The first-order chi connectivity index (χ1) is 5.54. The Morgan fingerprint density at radius 1 is 1.67 bits per heavy atom. The quantitative estimate of drug-likeness (QED) is 0.749. The monoisotopic (exact) mass is 172 g/mol. The van der Waals surface area contributed by atoms with Gasteiger partial charge in [-0.05, 0) is 13.8 Å². The van der Waals surface area contributed by atoms with Crippen LogP contribution in [0.15, 0.2) is 10.7 Å². The van der Waals surface area contributed by atoms with Crippen LogP contribution in [0.2, 0.25) is 0 Å². The van der Waals surface area contributed by atoms with Gasteiger partial charge in [-0.3, -0.25) is 0 Å². The first-order valence-corrected chi connectivity index (χ1v) is 3.88. The summed E-state index contributed by atoms with van der Waals surface area (Å²) in [5.41, 5.74) is 4.18. The lowest BCUT2D eigenvalue weighted by Gasteiger charge is -2.07. The van der Waals surface area contributed by atoms with E-state index in [2.05, 4.69) is 4.98 Å². The highest BCUT2D eigenvalue weighted by Crippen LogP contribution is 2.23. The molecule has 0 saturated heterocycles. The van der Waals surface area contributed by atoms with Crippen LogP contribution in [0.4, 0.5) is 4.39 Å². The van der Waals surface area contributed by atoms with E-state index in [0.29, 0.717) is 24.6 Å². The second-order valence-corrected chi connectivity index (χ2v) is 3.14. The summed E-state index contributed by atoms with van der Waals surface area (Å²) in [7, 11) is 0. The van der Waals surface area contributed by atoms with Gasteiger partial charge >= 0.3 is 0 Å². The molecule has 3 nitrogen and oxygen atoms in total. The topological polar surface area (TPSA) is 52.0 Å². The van der Waals surface area contributed by atoms with Crippen molar-refractivity contribution in [2.75, 3.05) is 6.54 Å². The molecule has 0 aliphatic heterocycles. The van der Waals surface area contributed by atoms with Crippen molar-refractivity contribution in [2.24, 2.45) is 5.73 Å². The van der Waals surface area contributed by atoms with Crippen LogP contribution in [-0.4, -0.2) is 11.5 Å². The lowest BCUT2D eigenvalue weighted by atomic mass is 10.1. The normalized spacial score (nSPS) is 12.0. The smallest absolute Gasteiger partial charge is 0.195 e. The SMILES string of the molecule is CC(C)(F)c1coc(CCN)n1. The fraction of sp³-hybridized carbons (Fsp3) is 0.625. The predicted molar refractivity (Wildman–Crippen MR) is 43.4 cm³/mol. The van der Waals surface area contributed by atoms with E-state index in [9.17, 15) is 4.39 Å². The Balaban J connectivity index is 2.77. The van der Waals surface area contributed by atoms with Crippen LogP contribution in [0.3, 0.4) is 0 Å². The number of alkyl halides is 1. The molecule has 0 radical (unpaired) electrons. The van der Waals surface area contributed by atoms with Gasteiger partial charge in [-0.2, -0.15) is 0 Å². The molecule has 1 aromatic heterocycles. The largest absolute Gasteiger partial charge is 0.449 e. The molecule has 1 rings (SSSR count). The highest BCUT2D eigenvalue weighted by Gasteiger charge is 2.22. The van der Waals surface area contributed by atoms with Crippen LogP contribution in [-0.2, 0) is 12.1 Å². The number of nitrogens with two attached hydrogens (primary N) is 1. The van der Waals surface area contributed by atoms with Gasteiger partial charge in [0.15, 0.2) is 5.89 Å². The van der Waals surface area contributed by atoms with E-state index < -0.39 is 5.67 Å². The molecule has 0 spiro atoms. The van der Waals surface area contributed by atoms with Crippen LogP contribution in [0, 0.1) is 0 Å². The number of hydrogen-bond donors (Lipinski definition) is 1. The highest BCUT2D eigenvalue weighted by atomic mass is 19.1. The fourth-order valence-electron chi connectivity index (χ4n) is 0.822. The summed E-state index contributed by atoms with van der Waals surface area (Å²) in [4.78, 5) is 3.95. The van der Waals surface area contributed by atoms with Crippen LogP contribution in [0.5, 0.6) is 0 Å². The standard InChI is InChI=1S/C8H13FN2O/c1-8(2,9)6-5-12-7(11-6)3-4-10/h5H,3-4,10H2,1-2H3. The molecule has 12 heavy (non-hydrogen) atoms. The van der Waals surface area contributed by atoms with E-state index in [1.54, 1.807) is 0 Å². The van der Waals surface area contributed by atoms with Gasteiger partial charge in [-0.1, -0.05) is 0 Å². The Hall–Kier alpha value is -0.900. The molecule has 0 atom stereocenters. The zero-order valence-electron chi connectivity index (χ0n) is 7.30. The second kappa shape index (κ2) is 3.23. The third kappa shape index (κ3) is 2.04. The Bertz CT molecular complexity index is 252. The highest BCUT2D eigenvalue weighted by molar-refractivity contribution is 5.05. The van der Waals surface area contributed by atoms with Crippen molar-refractivity contribution in [1.29, 1.82) is 0 Å². The van der Waals surface area contributed by atoms with Gasteiger partial charge in [0.1, 0.15) is 17.6 Å². The maximum absolute atomic E-state index is 13.2. The minimum Gasteiger partial charge on any atom is -0.449 e. The minimum atomic E-state index is -1.43. The zero-order valence-corrected chi connectivity index (χ0v) is 7.30. The summed E-state index contributed by atoms with van der Waals surface area (Å²) in [6.07, 6.45) is 1.89. The molecule has 0 saturated carbocycles. The van der Waals surface area contributed by atoms with Crippen molar-refractivity contribution >= 4 is 0 Å². The molecular formula is C8H13FN2O. The lowest BCUT2D eigenvalue weighted by Crippen LogP contribution is -2.10. The third-order valence-electron chi connectivity index (χ3n) is 1.52. The van der Waals surface area contributed by atoms with Crippen LogP contribution in [0.1, 0.15) is 25.4 Å². The van der Waals surface area contributed by atoms with Crippen molar-refractivity contribution in [1.82, 2.24) is 4.98 Å². The van der Waals surface area contributed by atoms with E-state index in [4.69, 9.17) is 10.2 Å². The summed E-state index contributed by atoms with van der Waals surface area (Å²) in [6, 6.07) is 0. The minimum absolute atomic E-state index is 0.325. The van der Waals surface area contributed by atoms with Crippen LogP contribution < -0.4 is 5.73 Å². The molecule has 0 unspecified atom stereocenters. The summed E-state index contributed by atoms with van der Waals surface area (Å²) < 4.78 is 18.2. The number of rotatable bonds is 3. The lowest BCUT2D eigenvalue weighted by molar-refractivity contribution is 0.214. The maximum Gasteiger partial charge on any atom is 0.195 e. The molecule has 0 fully saturated rings. The van der Waals surface area contributed by atoms with Crippen LogP contribution in [0.25, 0.3) is 0 Å². The molecule has 0 aromatic carbocycles. The number of hydrogen-bond acceptors (Lipinski definition) is 3. The van der Waals surface area contributed by atoms with Crippen molar-refractivity contribution in [3.05, 3.63) is 17.8 Å². The Kier molecular flexibility index (Phi) is 2.47. The average Bonchev–Trinajstić information content (AvgIpc) is 2.35. The first-order valence-electron chi connectivity index (χ1n) is 3.88. The van der Waals surface area contributed by atoms with Crippen molar-refractivity contribution in [3.63, 3.8) is 0 Å². The molecule has 2 N–H and O–H groups in total. The Labute approximate surface area is 70.8 Å². The second-order valence-electron chi connectivity index (χ2n) is 3.14. The molecule has 0 bridgehead atoms. The van der Waals surface area contributed by atoms with E-state index in [1.807, 2.05) is 0 Å². The molecular weight excluding hydrogens is 159 g/mol. The van der Waals surface area contributed by atoms with Gasteiger partial charge < -0.3 is 10.2 Å². The van der Waals surface area contributed by atoms with Gasteiger partial charge in [0.05, 0.1) is 0 Å². The molecule has 4 heteroatoms. The molecule has 0 aliphatic carbocycles. The predicted octanol–water partition coefficient (Wildman–Crippen LogP) is 1.38. The van der Waals surface area contributed by atoms with Gasteiger partial charge in [-0.25, -0.2) is 9.37 Å². The van der Waals surface area contributed by atoms with Gasteiger partial charge in [0.25, 0.3) is 0 Å². The first kappa shape index (κ1) is 9.19. The summed E-state index contributed by atoms with van der Waals surface area (Å²) in [5, 5.41) is 0. The summed E-state index contributed by atoms with van der Waals surface area (Å²) in [6.45, 7) is 3.35. The number of oxazole rings is 1. The Morgan fingerprint density at radius 2 is 2.33 bits per heavy atom. The van der Waals surface area contributed by atoms with Crippen molar-refractivity contribution in [3.8, 4) is 0 Å². The van der Waals surface area contributed by atoms with Crippen LogP contribution >= 0.6 is 0 Å². The van der Waals surface area contributed by atoms with Crippen molar-refractivity contribution < 1.29 is 8.81 Å². The summed E-state index contributed by atoms with van der Waals surface area (Å²) in [5.74, 6) is 0.498. The fourth-order valence-corrected chi connectivity index (χ4v) is 0.822. The van der Waals surface area contributed by atoms with Gasteiger partial charge in [0, 0.05) is 13.0 Å². The molecule has 0 aliphatic rings. The number of halogens is 1. The average molecular weight is 172 g/mol. The summed E-state index contributed by atoms with van der Waals surface area (Å²) >= 11 is 0. The Morgan fingerprint density at radius 3 is 2.75 bits per heavy atom. The third-order valence-corrected chi connectivity index (χ3v) is 1.52. The number of nitrogens with zero attached hydrogens (tertiary/aromatic N) is 1. The van der Waals surface area contributed by atoms with Gasteiger partial charge in [-0.15, -0.1) is 0 Å². The van der Waals surface area contributed by atoms with E-state index in [1.165, 1.54) is 20.1 Å². The van der Waals surface area contributed by atoms with E-state index >= 15 is 0 Å². The van der Waals surface area contributed by atoms with Crippen molar-refractivity contribution in [2.45, 2.75) is 25.9 Å². The maximum atomic E-state index is 13.2. The number of aromatic nitrogens is 1. The van der Waals surface area contributed by atoms with Gasteiger partial charge in [0.2, 0.25) is 0 Å². The van der Waals surface area contributed by atoms with E-state index in [0.717, 1.165) is 0 Å². The molecule has 0 amide bonds. The zero-order chi connectivity index (χ0) is 9.19. The molecule has 68 valence electrons. The van der Waals surface area contributed by atoms with E-state index in [-0.39, 0.29) is 0 Å².